The number of halogens is 6. The van der Waals surface area contributed by atoms with E-state index in [-0.39, 0.29) is 29.5 Å². The normalized spacial score (nSPS) is 20.5. The number of piperidine rings is 1. The van der Waals surface area contributed by atoms with Crippen LogP contribution in [0.15, 0.2) is 42.5 Å². The van der Waals surface area contributed by atoms with Gasteiger partial charge >= 0.3 is 12.4 Å². The van der Waals surface area contributed by atoms with E-state index >= 15 is 0 Å². The molecule has 2 aliphatic rings. The number of carbonyl (C=O) groups excluding carboxylic acids is 1. The summed E-state index contributed by atoms with van der Waals surface area (Å²) in [4.78, 5) is 26.8. The maximum absolute atomic E-state index is 13.3. The van der Waals surface area contributed by atoms with Crippen LogP contribution >= 0.6 is 0 Å². The van der Waals surface area contributed by atoms with Crippen molar-refractivity contribution in [1.29, 1.82) is 0 Å². The fourth-order valence-electron chi connectivity index (χ4n) is 5.77. The van der Waals surface area contributed by atoms with Crippen LogP contribution in [0.5, 0.6) is 0 Å². The largest absolute Gasteiger partial charge is 0.423 e. The van der Waals surface area contributed by atoms with E-state index in [0.717, 1.165) is 37.1 Å². The monoisotopic (exact) mass is 586 g/mol. The summed E-state index contributed by atoms with van der Waals surface area (Å²) in [6.45, 7) is 1.72. The minimum absolute atomic E-state index is 0.0443. The number of nitro benzene ring substituents is 1. The van der Waals surface area contributed by atoms with Crippen molar-refractivity contribution in [3.8, 4) is 0 Å². The number of hydrogen-bond acceptors (Lipinski definition) is 5. The predicted molar refractivity (Wildman–Crippen MR) is 141 cm³/mol. The van der Waals surface area contributed by atoms with Gasteiger partial charge in [-0.3, -0.25) is 14.9 Å². The molecule has 0 unspecified atom stereocenters. The van der Waals surface area contributed by atoms with Crippen LogP contribution in [-0.2, 0) is 17.1 Å². The Labute approximate surface area is 233 Å². The van der Waals surface area contributed by atoms with E-state index in [9.17, 15) is 41.3 Å². The van der Waals surface area contributed by atoms with Gasteiger partial charge in [0.2, 0.25) is 5.91 Å². The van der Waals surface area contributed by atoms with Crippen molar-refractivity contribution in [2.45, 2.75) is 56.9 Å². The predicted octanol–water partition coefficient (Wildman–Crippen LogP) is 6.98. The quantitative estimate of drug-likeness (QED) is 0.215. The molecule has 0 bridgehead atoms. The second-order valence-corrected chi connectivity index (χ2v) is 10.9. The minimum Gasteiger partial charge on any atom is -0.382 e. The van der Waals surface area contributed by atoms with Gasteiger partial charge in [0, 0.05) is 56.1 Å². The van der Waals surface area contributed by atoms with E-state index in [0.29, 0.717) is 51.0 Å². The molecule has 7 nitrogen and oxygen atoms in total. The molecule has 0 spiro atoms. The average molecular weight is 587 g/mol. The molecular formula is C28H32F6N4O3. The van der Waals surface area contributed by atoms with E-state index < -0.39 is 34.1 Å². The molecule has 1 amide bonds. The van der Waals surface area contributed by atoms with Gasteiger partial charge in [0.05, 0.1) is 10.5 Å². The number of nitrogens with one attached hydrogen (secondary N) is 1. The molecular weight excluding hydrogens is 554 g/mol. The molecule has 2 aromatic carbocycles. The van der Waals surface area contributed by atoms with E-state index in [1.54, 1.807) is 11.9 Å². The Morgan fingerprint density at radius 1 is 0.951 bits per heavy atom. The van der Waals surface area contributed by atoms with Crippen LogP contribution in [0, 0.1) is 22.0 Å². The second kappa shape index (κ2) is 12.2. The Hall–Kier alpha value is -3.51. The number of alkyl halides is 6. The Morgan fingerprint density at radius 3 is 2.10 bits per heavy atom. The fraction of sp³-hybridized carbons (Fsp3) is 0.536. The molecule has 13 heteroatoms. The van der Waals surface area contributed by atoms with Crippen LogP contribution in [0.3, 0.4) is 0 Å². The first-order chi connectivity index (χ1) is 19.2. The lowest BCUT2D eigenvalue weighted by Crippen LogP contribution is -2.43. The molecule has 1 N–H and O–H groups in total. The van der Waals surface area contributed by atoms with Gasteiger partial charge in [0.1, 0.15) is 5.56 Å². The number of benzene rings is 2. The molecule has 41 heavy (non-hydrogen) atoms. The summed E-state index contributed by atoms with van der Waals surface area (Å²) in [5.41, 5.74) is -2.08. The Morgan fingerprint density at radius 2 is 1.56 bits per heavy atom. The molecule has 1 saturated heterocycles. The summed E-state index contributed by atoms with van der Waals surface area (Å²) in [5.74, 6) is 0.133. The van der Waals surface area contributed by atoms with Gasteiger partial charge in [-0.15, -0.1) is 0 Å². The molecule has 0 atom stereocenters. The van der Waals surface area contributed by atoms with Crippen LogP contribution in [0.2, 0.25) is 0 Å². The highest BCUT2D eigenvalue weighted by Gasteiger charge is 2.39. The summed E-state index contributed by atoms with van der Waals surface area (Å²) in [6.07, 6.45) is -5.07. The first-order valence-electron chi connectivity index (χ1n) is 13.5. The molecule has 2 aromatic rings. The highest BCUT2D eigenvalue weighted by atomic mass is 19.4. The van der Waals surface area contributed by atoms with E-state index in [1.165, 1.54) is 18.2 Å². The third-order valence-electron chi connectivity index (χ3n) is 8.03. The number of anilines is 2. The number of nitro groups is 1. The SMILES string of the molecule is CN(CC1CCC(Nc2ccc([N+](=O)[O-])c(C(F)(F)F)c2)CC1)C(=O)C1CCN(c2ccc(C(F)(F)F)cc2)CC1. The van der Waals surface area contributed by atoms with Gasteiger partial charge in [-0.25, -0.2) is 0 Å². The van der Waals surface area contributed by atoms with Crippen molar-refractivity contribution in [1.82, 2.24) is 4.90 Å². The van der Waals surface area contributed by atoms with Crippen molar-refractivity contribution in [2.24, 2.45) is 11.8 Å². The third-order valence-corrected chi connectivity index (χ3v) is 8.03. The second-order valence-electron chi connectivity index (χ2n) is 10.9. The molecule has 1 saturated carbocycles. The summed E-state index contributed by atoms with van der Waals surface area (Å²) in [6, 6.07) is 7.90. The standard InChI is InChI=1S/C28H32F6N4O3/c1-36(26(39)19-12-14-37(15-13-19)23-9-4-20(5-10-23)27(29,30)31)17-18-2-6-21(7-3-18)35-22-8-11-25(38(40)41)24(16-22)28(32,33)34/h4-5,8-11,16,18-19,21,35H,2-3,6-7,12-15,17H2,1H3. The maximum Gasteiger partial charge on any atom is 0.423 e. The van der Waals surface area contributed by atoms with Gasteiger partial charge in [0.15, 0.2) is 0 Å². The molecule has 4 rings (SSSR count). The maximum atomic E-state index is 13.3. The molecule has 1 heterocycles. The highest BCUT2D eigenvalue weighted by Crippen LogP contribution is 2.38. The van der Waals surface area contributed by atoms with Crippen molar-refractivity contribution >= 4 is 23.0 Å². The highest BCUT2D eigenvalue weighted by molar-refractivity contribution is 5.79. The fourth-order valence-corrected chi connectivity index (χ4v) is 5.77. The first kappa shape index (κ1) is 30.4. The zero-order chi connectivity index (χ0) is 29.9. The smallest absolute Gasteiger partial charge is 0.382 e. The zero-order valence-electron chi connectivity index (χ0n) is 22.5. The number of hydrogen-bond donors (Lipinski definition) is 1. The Kier molecular flexibility index (Phi) is 9.03. The third kappa shape index (κ3) is 7.62. The lowest BCUT2D eigenvalue weighted by molar-refractivity contribution is -0.388. The number of amides is 1. The molecule has 2 fully saturated rings. The average Bonchev–Trinajstić information content (AvgIpc) is 2.93. The molecule has 1 aliphatic heterocycles. The number of nitrogens with zero attached hydrogens (tertiary/aromatic N) is 3. The molecule has 0 aromatic heterocycles. The van der Waals surface area contributed by atoms with Gasteiger partial charge < -0.3 is 15.1 Å². The van der Waals surface area contributed by atoms with Crippen molar-refractivity contribution in [3.05, 3.63) is 63.7 Å². The van der Waals surface area contributed by atoms with E-state index in [4.69, 9.17) is 0 Å². The first-order valence-corrected chi connectivity index (χ1v) is 13.5. The number of carbonyl (C=O) groups is 1. The molecule has 0 radical (unpaired) electrons. The van der Waals surface area contributed by atoms with Crippen molar-refractivity contribution in [3.63, 3.8) is 0 Å². The van der Waals surface area contributed by atoms with Crippen LogP contribution in [0.1, 0.15) is 49.7 Å². The lowest BCUT2D eigenvalue weighted by Gasteiger charge is -2.36. The molecule has 1 aliphatic carbocycles. The Bertz CT molecular complexity index is 1220. The molecule has 224 valence electrons. The van der Waals surface area contributed by atoms with Gasteiger partial charge in [-0.05, 0) is 80.8 Å². The van der Waals surface area contributed by atoms with Gasteiger partial charge in [0.25, 0.3) is 5.69 Å². The number of rotatable bonds is 7. The van der Waals surface area contributed by atoms with Crippen molar-refractivity contribution < 1.29 is 36.1 Å². The Balaban J connectivity index is 1.23. The van der Waals surface area contributed by atoms with Crippen molar-refractivity contribution in [2.75, 3.05) is 36.9 Å². The zero-order valence-corrected chi connectivity index (χ0v) is 22.5. The van der Waals surface area contributed by atoms with Gasteiger partial charge in [-0.1, -0.05) is 0 Å². The van der Waals surface area contributed by atoms with Crippen LogP contribution < -0.4 is 10.2 Å². The minimum atomic E-state index is -4.84. The topological polar surface area (TPSA) is 78.7 Å². The van der Waals surface area contributed by atoms with Gasteiger partial charge in [-0.2, -0.15) is 26.3 Å². The van der Waals surface area contributed by atoms with Crippen LogP contribution in [0.25, 0.3) is 0 Å². The summed E-state index contributed by atoms with van der Waals surface area (Å²) in [7, 11) is 1.77. The summed E-state index contributed by atoms with van der Waals surface area (Å²) >= 11 is 0. The lowest BCUT2D eigenvalue weighted by atomic mass is 9.85. The van der Waals surface area contributed by atoms with E-state index in [1.807, 2.05) is 4.90 Å². The van der Waals surface area contributed by atoms with E-state index in [2.05, 4.69) is 5.32 Å². The summed E-state index contributed by atoms with van der Waals surface area (Å²) in [5, 5.41) is 14.0. The van der Waals surface area contributed by atoms with Crippen LogP contribution in [-0.4, -0.2) is 48.5 Å². The van der Waals surface area contributed by atoms with Crippen LogP contribution in [0.4, 0.5) is 43.4 Å². The summed E-state index contributed by atoms with van der Waals surface area (Å²) < 4.78 is 78.3.